The van der Waals surface area contributed by atoms with Gasteiger partial charge in [-0.1, -0.05) is 6.07 Å². The van der Waals surface area contributed by atoms with Gasteiger partial charge >= 0.3 is 0 Å². The third-order valence-corrected chi connectivity index (χ3v) is 4.24. The molecule has 0 bridgehead atoms. The van der Waals surface area contributed by atoms with Crippen LogP contribution in [0, 0.1) is 13.8 Å². The Hall–Kier alpha value is -2.87. The summed E-state index contributed by atoms with van der Waals surface area (Å²) in [6.07, 6.45) is 0.652. The Labute approximate surface area is 162 Å². The van der Waals surface area contributed by atoms with Gasteiger partial charge in [-0.25, -0.2) is 0 Å². The number of carbonyl (C=O) groups is 3. The van der Waals surface area contributed by atoms with Gasteiger partial charge in [-0.3, -0.25) is 25.2 Å². The molecule has 3 N–H and O–H groups in total. The molecule has 0 aliphatic rings. The molecule has 2 rings (SSSR count). The predicted octanol–water partition coefficient (Wildman–Crippen LogP) is 2.10. The van der Waals surface area contributed by atoms with Crippen molar-refractivity contribution in [1.82, 2.24) is 16.2 Å². The lowest BCUT2D eigenvalue weighted by Crippen LogP contribution is -2.44. The first-order valence-electron chi connectivity index (χ1n) is 8.53. The summed E-state index contributed by atoms with van der Waals surface area (Å²) in [5, 5.41) is 6.32. The van der Waals surface area contributed by atoms with E-state index in [4.69, 9.17) is 4.74 Å². The van der Waals surface area contributed by atoms with Crippen molar-refractivity contribution in [1.29, 1.82) is 0 Å². The quantitative estimate of drug-likeness (QED) is 0.476. The molecule has 0 saturated carbocycles. The van der Waals surface area contributed by atoms with Crippen molar-refractivity contribution in [3.05, 3.63) is 51.7 Å². The highest BCUT2D eigenvalue weighted by molar-refractivity contribution is 7.08. The highest BCUT2D eigenvalue weighted by Gasteiger charge is 2.08. The van der Waals surface area contributed by atoms with E-state index in [1.165, 1.54) is 11.3 Å². The largest absolute Gasteiger partial charge is 0.484 e. The standard InChI is InChI=1S/C19H23N3O4S/c1-13-8-14(2)10-16(9-13)26-11-18(24)22-21-17(23)4-3-6-20-19(25)15-5-7-27-12-15/h5,7-10,12H,3-4,6,11H2,1-2H3,(H,20,25)(H,21,23)(H,22,24). The van der Waals surface area contributed by atoms with E-state index in [1.807, 2.05) is 37.4 Å². The fourth-order valence-corrected chi connectivity index (χ4v) is 2.99. The van der Waals surface area contributed by atoms with Crippen LogP contribution in [0.25, 0.3) is 0 Å². The maximum atomic E-state index is 11.7. The Morgan fingerprint density at radius 1 is 1.04 bits per heavy atom. The fraction of sp³-hybridized carbons (Fsp3) is 0.316. The van der Waals surface area contributed by atoms with Crippen molar-refractivity contribution < 1.29 is 19.1 Å². The minimum atomic E-state index is -0.451. The number of hydrogen-bond acceptors (Lipinski definition) is 5. The van der Waals surface area contributed by atoms with Crippen LogP contribution in [0.3, 0.4) is 0 Å². The van der Waals surface area contributed by atoms with Crippen LogP contribution in [0.2, 0.25) is 0 Å². The molecule has 0 saturated heterocycles. The predicted molar refractivity (Wildman–Crippen MR) is 104 cm³/mol. The van der Waals surface area contributed by atoms with Crippen LogP contribution in [0.15, 0.2) is 35.0 Å². The molecule has 0 fully saturated rings. The molecule has 0 aliphatic carbocycles. The SMILES string of the molecule is Cc1cc(C)cc(OCC(=O)NNC(=O)CCCNC(=O)c2ccsc2)c1. The average molecular weight is 389 g/mol. The number of amides is 3. The topological polar surface area (TPSA) is 96.5 Å². The molecular formula is C19H23N3O4S. The molecule has 0 spiro atoms. The van der Waals surface area contributed by atoms with E-state index in [2.05, 4.69) is 16.2 Å². The molecule has 1 heterocycles. The lowest BCUT2D eigenvalue weighted by Gasteiger charge is -2.10. The molecule has 0 aliphatic heterocycles. The number of nitrogens with one attached hydrogen (secondary N) is 3. The number of rotatable bonds is 8. The maximum absolute atomic E-state index is 11.7. The van der Waals surface area contributed by atoms with Crippen LogP contribution in [-0.4, -0.2) is 30.9 Å². The minimum absolute atomic E-state index is 0.159. The molecule has 0 radical (unpaired) electrons. The number of hydrogen-bond donors (Lipinski definition) is 3. The van der Waals surface area contributed by atoms with Gasteiger partial charge in [-0.05, 0) is 55.0 Å². The van der Waals surface area contributed by atoms with Gasteiger partial charge in [0, 0.05) is 23.9 Å². The molecule has 27 heavy (non-hydrogen) atoms. The third-order valence-electron chi connectivity index (χ3n) is 3.56. The third kappa shape index (κ3) is 7.49. The summed E-state index contributed by atoms with van der Waals surface area (Å²) < 4.78 is 5.41. The number of hydrazine groups is 1. The zero-order chi connectivity index (χ0) is 19.6. The van der Waals surface area contributed by atoms with E-state index < -0.39 is 5.91 Å². The van der Waals surface area contributed by atoms with E-state index in [0.29, 0.717) is 24.3 Å². The molecule has 2 aromatic rings. The maximum Gasteiger partial charge on any atom is 0.276 e. The van der Waals surface area contributed by atoms with Crippen LogP contribution in [0.4, 0.5) is 0 Å². The van der Waals surface area contributed by atoms with Crippen LogP contribution in [0.1, 0.15) is 34.3 Å². The number of aryl methyl sites for hydroxylation is 2. The zero-order valence-electron chi connectivity index (χ0n) is 15.3. The highest BCUT2D eigenvalue weighted by Crippen LogP contribution is 2.15. The Balaban J connectivity index is 1.58. The lowest BCUT2D eigenvalue weighted by molar-refractivity contribution is -0.130. The van der Waals surface area contributed by atoms with Crippen molar-refractivity contribution in [2.75, 3.05) is 13.2 Å². The van der Waals surface area contributed by atoms with Gasteiger partial charge in [-0.2, -0.15) is 11.3 Å². The summed E-state index contributed by atoms with van der Waals surface area (Å²) in [6, 6.07) is 7.42. The number of ether oxygens (including phenoxy) is 1. The lowest BCUT2D eigenvalue weighted by atomic mass is 10.1. The first-order valence-corrected chi connectivity index (χ1v) is 9.47. The van der Waals surface area contributed by atoms with E-state index in [9.17, 15) is 14.4 Å². The van der Waals surface area contributed by atoms with Gasteiger partial charge in [0.05, 0.1) is 0 Å². The summed E-state index contributed by atoms with van der Waals surface area (Å²) in [7, 11) is 0. The minimum Gasteiger partial charge on any atom is -0.484 e. The molecule has 0 atom stereocenters. The van der Waals surface area contributed by atoms with Crippen molar-refractivity contribution in [2.24, 2.45) is 0 Å². The van der Waals surface area contributed by atoms with Crippen LogP contribution in [-0.2, 0) is 9.59 Å². The summed E-state index contributed by atoms with van der Waals surface area (Å²) in [6.45, 7) is 4.08. The second-order valence-corrected chi connectivity index (χ2v) is 6.86. The van der Waals surface area contributed by atoms with Gasteiger partial charge in [0.1, 0.15) is 5.75 Å². The molecule has 8 heteroatoms. The smallest absolute Gasteiger partial charge is 0.276 e. The van der Waals surface area contributed by atoms with E-state index in [0.717, 1.165) is 11.1 Å². The van der Waals surface area contributed by atoms with Gasteiger partial charge in [-0.15, -0.1) is 0 Å². The molecule has 3 amide bonds. The molecule has 7 nitrogen and oxygen atoms in total. The summed E-state index contributed by atoms with van der Waals surface area (Å²) >= 11 is 1.45. The van der Waals surface area contributed by atoms with Gasteiger partial charge in [0.25, 0.3) is 11.8 Å². The van der Waals surface area contributed by atoms with E-state index in [-0.39, 0.29) is 24.8 Å². The zero-order valence-corrected chi connectivity index (χ0v) is 16.2. The monoisotopic (exact) mass is 389 g/mol. The first-order chi connectivity index (χ1) is 12.9. The molecular weight excluding hydrogens is 366 g/mol. The number of carbonyl (C=O) groups excluding carboxylic acids is 3. The summed E-state index contributed by atoms with van der Waals surface area (Å²) in [5.74, 6) is -0.336. The normalized spacial score (nSPS) is 10.1. The number of benzene rings is 1. The summed E-state index contributed by atoms with van der Waals surface area (Å²) in [4.78, 5) is 35.2. The van der Waals surface area contributed by atoms with Gasteiger partial charge in [0.15, 0.2) is 6.61 Å². The number of thiophene rings is 1. The molecule has 1 aromatic carbocycles. The molecule has 144 valence electrons. The average Bonchev–Trinajstić information content (AvgIpc) is 3.15. The van der Waals surface area contributed by atoms with E-state index in [1.54, 1.807) is 11.4 Å². The second-order valence-electron chi connectivity index (χ2n) is 6.08. The Morgan fingerprint density at radius 2 is 1.74 bits per heavy atom. The Kier molecular flexibility index (Phi) is 7.81. The van der Waals surface area contributed by atoms with Crippen LogP contribution < -0.4 is 20.9 Å². The van der Waals surface area contributed by atoms with Gasteiger partial charge in [0.2, 0.25) is 5.91 Å². The highest BCUT2D eigenvalue weighted by atomic mass is 32.1. The van der Waals surface area contributed by atoms with Crippen molar-refractivity contribution in [2.45, 2.75) is 26.7 Å². The van der Waals surface area contributed by atoms with Gasteiger partial charge < -0.3 is 10.1 Å². The Morgan fingerprint density at radius 3 is 2.41 bits per heavy atom. The van der Waals surface area contributed by atoms with Crippen molar-refractivity contribution >= 4 is 29.1 Å². The van der Waals surface area contributed by atoms with Crippen LogP contribution >= 0.6 is 11.3 Å². The first kappa shape index (κ1) is 20.4. The fourth-order valence-electron chi connectivity index (χ4n) is 2.35. The molecule has 1 aromatic heterocycles. The Bertz CT molecular complexity index is 770. The molecule has 0 unspecified atom stereocenters. The van der Waals surface area contributed by atoms with Crippen LogP contribution in [0.5, 0.6) is 5.75 Å². The summed E-state index contributed by atoms with van der Waals surface area (Å²) in [5.41, 5.74) is 7.34. The van der Waals surface area contributed by atoms with Crippen molar-refractivity contribution in [3.8, 4) is 5.75 Å². The van der Waals surface area contributed by atoms with Crippen molar-refractivity contribution in [3.63, 3.8) is 0 Å². The second kappa shape index (κ2) is 10.3. The van der Waals surface area contributed by atoms with E-state index >= 15 is 0 Å².